The van der Waals surface area contributed by atoms with Gasteiger partial charge in [0.25, 0.3) is 0 Å². The lowest BCUT2D eigenvalue weighted by Crippen LogP contribution is -2.16. The minimum Gasteiger partial charge on any atom is -0.464 e. The van der Waals surface area contributed by atoms with E-state index in [1.54, 1.807) is 24.1 Å². The van der Waals surface area contributed by atoms with Crippen LogP contribution in [0.3, 0.4) is 0 Å². The first-order valence-electron chi connectivity index (χ1n) is 7.20. The topological polar surface area (TPSA) is 68.5 Å². The van der Waals surface area contributed by atoms with Crippen LogP contribution in [0, 0.1) is 5.82 Å². The second-order valence-electron chi connectivity index (χ2n) is 5.04. The maximum atomic E-state index is 13.2. The summed E-state index contributed by atoms with van der Waals surface area (Å²) in [5, 5.41) is 0.0246. The van der Waals surface area contributed by atoms with Crippen molar-refractivity contribution in [3.63, 3.8) is 0 Å². The van der Waals surface area contributed by atoms with E-state index in [0.717, 1.165) is 0 Å². The summed E-state index contributed by atoms with van der Waals surface area (Å²) in [5.74, 6) is -0.158. The molecule has 2 aromatic heterocycles. The highest BCUT2D eigenvalue weighted by molar-refractivity contribution is 6.35. The van der Waals surface area contributed by atoms with Gasteiger partial charge in [-0.3, -0.25) is 4.90 Å². The molecule has 25 heavy (non-hydrogen) atoms. The Labute approximate surface area is 147 Å². The van der Waals surface area contributed by atoms with Crippen LogP contribution < -0.4 is 4.90 Å². The monoisotopic (exact) mass is 361 g/mol. The van der Waals surface area contributed by atoms with Gasteiger partial charge in [-0.2, -0.15) is 0 Å². The molecule has 3 aromatic rings. The summed E-state index contributed by atoms with van der Waals surface area (Å²) in [6.45, 7) is 0. The lowest BCUT2D eigenvalue weighted by molar-refractivity contribution is 0.0594. The van der Waals surface area contributed by atoms with Crippen molar-refractivity contribution in [2.24, 2.45) is 0 Å². The van der Waals surface area contributed by atoms with E-state index in [4.69, 9.17) is 20.8 Å². The van der Waals surface area contributed by atoms with Crippen molar-refractivity contribution < 1.29 is 18.3 Å². The third kappa shape index (κ3) is 3.32. The number of ether oxygens (including phenoxy) is 1. The van der Waals surface area contributed by atoms with Crippen molar-refractivity contribution in [1.82, 2.24) is 9.97 Å². The molecule has 0 fully saturated rings. The molecule has 0 unspecified atom stereocenters. The molecule has 8 heteroatoms. The Kier molecular flexibility index (Phi) is 4.67. The van der Waals surface area contributed by atoms with Gasteiger partial charge < -0.3 is 9.15 Å². The van der Waals surface area contributed by atoms with Gasteiger partial charge in [0.05, 0.1) is 13.4 Å². The number of hydrogen-bond acceptors (Lipinski definition) is 6. The second kappa shape index (κ2) is 6.90. The van der Waals surface area contributed by atoms with Gasteiger partial charge in [0.2, 0.25) is 5.88 Å². The number of aromatic nitrogens is 2. The van der Waals surface area contributed by atoms with Crippen LogP contribution in [-0.2, 0) is 4.74 Å². The number of hydrogen-bond donors (Lipinski definition) is 0. The maximum Gasteiger partial charge on any atom is 0.358 e. The Morgan fingerprint density at radius 3 is 2.56 bits per heavy atom. The first-order valence-corrected chi connectivity index (χ1v) is 7.58. The van der Waals surface area contributed by atoms with Crippen LogP contribution >= 0.6 is 11.6 Å². The molecule has 0 spiro atoms. The highest BCUT2D eigenvalue weighted by Gasteiger charge is 2.23. The fraction of sp³-hybridized carbons (Fsp3) is 0.118. The normalized spacial score (nSPS) is 10.6. The van der Waals surface area contributed by atoms with E-state index >= 15 is 0 Å². The Morgan fingerprint density at radius 2 is 1.96 bits per heavy atom. The van der Waals surface area contributed by atoms with Gasteiger partial charge in [-0.15, -0.1) is 0 Å². The average Bonchev–Trinajstić information content (AvgIpc) is 3.16. The van der Waals surface area contributed by atoms with Gasteiger partial charge in [-0.1, -0.05) is 11.6 Å². The molecule has 0 amide bonds. The Balaban J connectivity index is 2.18. The number of esters is 1. The van der Waals surface area contributed by atoms with Gasteiger partial charge in [0.15, 0.2) is 17.3 Å². The number of carbonyl (C=O) groups is 1. The average molecular weight is 362 g/mol. The quantitative estimate of drug-likeness (QED) is 0.652. The Hall–Kier alpha value is -2.93. The molecule has 0 radical (unpaired) electrons. The molecular weight excluding hydrogens is 349 g/mol. The second-order valence-corrected chi connectivity index (χ2v) is 5.42. The summed E-state index contributed by atoms with van der Waals surface area (Å²) in [6, 6.07) is 9.01. The lowest BCUT2D eigenvalue weighted by Gasteiger charge is -2.18. The van der Waals surface area contributed by atoms with Crippen molar-refractivity contribution in [2.45, 2.75) is 0 Å². The van der Waals surface area contributed by atoms with E-state index in [0.29, 0.717) is 11.4 Å². The zero-order chi connectivity index (χ0) is 18.0. The highest BCUT2D eigenvalue weighted by Crippen LogP contribution is 2.33. The molecule has 0 saturated heterocycles. The van der Waals surface area contributed by atoms with Crippen molar-refractivity contribution in [1.29, 1.82) is 0 Å². The zero-order valence-electron chi connectivity index (χ0n) is 13.4. The maximum absolute atomic E-state index is 13.2. The van der Waals surface area contributed by atoms with E-state index in [-0.39, 0.29) is 28.2 Å². The van der Waals surface area contributed by atoms with Gasteiger partial charge in [0.1, 0.15) is 10.8 Å². The van der Waals surface area contributed by atoms with Gasteiger partial charge in [-0.05, 0) is 30.3 Å². The smallest absolute Gasteiger partial charge is 0.358 e. The van der Waals surface area contributed by atoms with E-state index in [2.05, 4.69) is 9.97 Å². The first kappa shape index (κ1) is 16.9. The molecule has 0 aliphatic carbocycles. The Bertz CT molecular complexity index is 898. The van der Waals surface area contributed by atoms with Crippen molar-refractivity contribution >= 4 is 29.3 Å². The number of benzene rings is 1. The number of anilines is 2. The first-order chi connectivity index (χ1) is 12.0. The zero-order valence-corrected chi connectivity index (χ0v) is 14.1. The van der Waals surface area contributed by atoms with E-state index in [9.17, 15) is 9.18 Å². The summed E-state index contributed by atoms with van der Waals surface area (Å²) >= 11 is 6.31. The summed E-state index contributed by atoms with van der Waals surface area (Å²) in [6.07, 6.45) is 1.50. The molecule has 6 nitrogen and oxygen atoms in total. The van der Waals surface area contributed by atoms with Crippen molar-refractivity contribution in [3.8, 4) is 11.4 Å². The number of furan rings is 1. The molecule has 0 aliphatic rings. The third-order valence-electron chi connectivity index (χ3n) is 3.47. The van der Waals surface area contributed by atoms with Gasteiger partial charge in [-0.25, -0.2) is 19.2 Å². The van der Waals surface area contributed by atoms with Gasteiger partial charge >= 0.3 is 5.97 Å². The van der Waals surface area contributed by atoms with Crippen LogP contribution in [0.1, 0.15) is 10.5 Å². The number of nitrogens with zero attached hydrogens (tertiary/aromatic N) is 3. The molecule has 0 atom stereocenters. The van der Waals surface area contributed by atoms with Gasteiger partial charge in [0, 0.05) is 18.7 Å². The summed E-state index contributed by atoms with van der Waals surface area (Å²) in [7, 11) is 2.91. The van der Waals surface area contributed by atoms with Crippen LogP contribution in [0.5, 0.6) is 0 Å². The lowest BCUT2D eigenvalue weighted by atomic mass is 10.2. The Morgan fingerprint density at radius 1 is 1.24 bits per heavy atom. The predicted molar refractivity (Wildman–Crippen MR) is 90.5 cm³/mol. The minimum absolute atomic E-state index is 0.0246. The fourth-order valence-corrected chi connectivity index (χ4v) is 2.47. The molecule has 2 heterocycles. The molecule has 0 saturated carbocycles. The molecule has 1 aromatic carbocycles. The molecule has 3 rings (SSSR count). The molecule has 0 N–H and O–H groups in total. The van der Waals surface area contributed by atoms with Crippen LogP contribution in [0.25, 0.3) is 11.4 Å². The van der Waals surface area contributed by atoms with Crippen molar-refractivity contribution in [3.05, 3.63) is 59.2 Å². The van der Waals surface area contributed by atoms with Crippen LogP contribution in [0.4, 0.5) is 16.1 Å². The summed E-state index contributed by atoms with van der Waals surface area (Å²) in [5.41, 5.74) is 0.434. The number of methoxy groups -OCH3 is 1. The summed E-state index contributed by atoms with van der Waals surface area (Å²) < 4.78 is 23.2. The van der Waals surface area contributed by atoms with Crippen molar-refractivity contribution in [2.75, 3.05) is 19.1 Å². The van der Waals surface area contributed by atoms with Crippen LogP contribution in [0.2, 0.25) is 5.02 Å². The highest BCUT2D eigenvalue weighted by atomic mass is 35.5. The van der Waals surface area contributed by atoms with E-state index < -0.39 is 5.97 Å². The minimum atomic E-state index is -0.704. The standard InChI is InChI=1S/C17H13ClFN3O3/c1-22(12-4-3-9-25-12)16-13(18)14(17(23)24-2)20-15(21-16)10-5-7-11(19)8-6-10/h3-9H,1-2H3. The largest absolute Gasteiger partial charge is 0.464 e. The van der Waals surface area contributed by atoms with E-state index in [1.165, 1.54) is 37.6 Å². The summed E-state index contributed by atoms with van der Waals surface area (Å²) in [4.78, 5) is 22.2. The molecule has 0 aliphatic heterocycles. The fourth-order valence-electron chi connectivity index (χ4n) is 2.18. The number of halogens is 2. The molecule has 128 valence electrons. The van der Waals surface area contributed by atoms with E-state index in [1.807, 2.05) is 0 Å². The predicted octanol–water partition coefficient (Wildman–Crippen LogP) is 4.08. The van der Waals surface area contributed by atoms with Crippen LogP contribution in [-0.4, -0.2) is 30.1 Å². The number of rotatable bonds is 4. The van der Waals surface area contributed by atoms with Crippen LogP contribution in [0.15, 0.2) is 47.1 Å². The molecule has 0 bridgehead atoms. The SMILES string of the molecule is COC(=O)c1nc(-c2ccc(F)cc2)nc(N(C)c2ccco2)c1Cl. The number of carbonyl (C=O) groups excluding carboxylic acids is 1. The molecular formula is C17H13ClFN3O3. The third-order valence-corrected chi connectivity index (χ3v) is 3.82.